The fraction of sp³-hybridized carbons (Fsp3) is 0.538. The van der Waals surface area contributed by atoms with E-state index in [1.54, 1.807) is 6.92 Å². The molecule has 1 saturated heterocycles. The van der Waals surface area contributed by atoms with Crippen LogP contribution >= 0.6 is 22.6 Å². The van der Waals surface area contributed by atoms with Crippen molar-refractivity contribution in [3.05, 3.63) is 45.8 Å². The standard InChI is InChI=1S/C13H17IN2O5/c1-3-7(2)13(20)10(18)8(6-14)21-11(13)16-5-4-9(17)15-12(16)19/h3-5,7-8,10-11,18,20H,1,6H2,2H3,(H,15,17,19)/t7?,8-,10-,11-,13-/m1/s1. The number of aromatic amines is 1. The second-order valence-electron chi connectivity index (χ2n) is 5.06. The van der Waals surface area contributed by atoms with Gasteiger partial charge >= 0.3 is 5.69 Å². The molecular weight excluding hydrogens is 391 g/mol. The van der Waals surface area contributed by atoms with E-state index in [1.165, 1.54) is 12.3 Å². The normalized spacial score (nSPS) is 33.8. The van der Waals surface area contributed by atoms with Crippen molar-refractivity contribution in [2.45, 2.75) is 31.0 Å². The average molecular weight is 408 g/mol. The van der Waals surface area contributed by atoms with Gasteiger partial charge in [-0.1, -0.05) is 35.6 Å². The highest BCUT2D eigenvalue weighted by molar-refractivity contribution is 14.1. The molecule has 1 aliphatic heterocycles. The van der Waals surface area contributed by atoms with E-state index >= 15 is 0 Å². The fourth-order valence-electron chi connectivity index (χ4n) is 2.50. The smallest absolute Gasteiger partial charge is 0.330 e. The molecule has 0 radical (unpaired) electrons. The van der Waals surface area contributed by atoms with Gasteiger partial charge in [0.2, 0.25) is 0 Å². The van der Waals surface area contributed by atoms with E-state index in [0.29, 0.717) is 4.43 Å². The third-order valence-electron chi connectivity index (χ3n) is 3.86. The largest absolute Gasteiger partial charge is 0.387 e. The molecule has 8 heteroatoms. The molecule has 0 saturated carbocycles. The molecule has 2 heterocycles. The first-order chi connectivity index (χ1) is 9.86. The van der Waals surface area contributed by atoms with Crippen molar-refractivity contribution in [1.29, 1.82) is 0 Å². The van der Waals surface area contributed by atoms with E-state index in [-0.39, 0.29) is 0 Å². The number of halogens is 1. The number of nitrogens with zero attached hydrogens (tertiary/aromatic N) is 1. The number of aliphatic hydroxyl groups is 2. The van der Waals surface area contributed by atoms with Crippen molar-refractivity contribution in [2.24, 2.45) is 5.92 Å². The number of aromatic nitrogens is 2. The predicted octanol–water partition coefficient (Wildman–Crippen LogP) is -0.217. The van der Waals surface area contributed by atoms with E-state index in [9.17, 15) is 19.8 Å². The first-order valence-electron chi connectivity index (χ1n) is 6.42. The minimum absolute atomic E-state index is 0.444. The van der Waals surface area contributed by atoms with Crippen LogP contribution in [0.2, 0.25) is 0 Å². The summed E-state index contributed by atoms with van der Waals surface area (Å²) in [5, 5.41) is 21.3. The molecule has 21 heavy (non-hydrogen) atoms. The third kappa shape index (κ3) is 2.60. The van der Waals surface area contributed by atoms with Gasteiger partial charge in [0.05, 0.1) is 6.10 Å². The first-order valence-corrected chi connectivity index (χ1v) is 7.94. The Kier molecular flexibility index (Phi) is 4.71. The molecule has 1 fully saturated rings. The van der Waals surface area contributed by atoms with Crippen LogP contribution < -0.4 is 11.2 Å². The molecule has 0 aliphatic carbocycles. The van der Waals surface area contributed by atoms with Crippen molar-refractivity contribution in [3.8, 4) is 0 Å². The molecule has 0 aromatic carbocycles. The van der Waals surface area contributed by atoms with Gasteiger partial charge in [-0.25, -0.2) is 4.79 Å². The van der Waals surface area contributed by atoms with Crippen LogP contribution in [0, 0.1) is 5.92 Å². The minimum atomic E-state index is -1.71. The number of H-pyrrole nitrogens is 1. The maximum absolute atomic E-state index is 11.9. The van der Waals surface area contributed by atoms with Crippen molar-refractivity contribution >= 4 is 22.6 Å². The van der Waals surface area contributed by atoms with Crippen molar-refractivity contribution < 1.29 is 14.9 Å². The van der Waals surface area contributed by atoms with E-state index < -0.39 is 41.2 Å². The summed E-state index contributed by atoms with van der Waals surface area (Å²) < 4.78 is 7.18. The SMILES string of the molecule is C=CC(C)[C@@]1(O)[C@H](O)[C@@H](CI)O[C@H]1n1ccc(=O)[nH]c1=O. The van der Waals surface area contributed by atoms with Gasteiger partial charge in [-0.2, -0.15) is 0 Å². The average Bonchev–Trinajstić information content (AvgIpc) is 2.72. The summed E-state index contributed by atoms with van der Waals surface area (Å²) in [4.78, 5) is 25.2. The number of hydrogen-bond donors (Lipinski definition) is 3. The van der Waals surface area contributed by atoms with Gasteiger partial charge in [0.1, 0.15) is 11.7 Å². The van der Waals surface area contributed by atoms with Gasteiger partial charge in [-0.15, -0.1) is 6.58 Å². The van der Waals surface area contributed by atoms with E-state index in [4.69, 9.17) is 4.74 Å². The Morgan fingerprint density at radius 3 is 2.86 bits per heavy atom. The monoisotopic (exact) mass is 408 g/mol. The van der Waals surface area contributed by atoms with Gasteiger partial charge in [-0.05, 0) is 0 Å². The molecule has 3 N–H and O–H groups in total. The Hall–Kier alpha value is -0.970. The van der Waals surface area contributed by atoms with Crippen LogP contribution in [0.5, 0.6) is 0 Å². The highest BCUT2D eigenvalue weighted by Crippen LogP contribution is 2.43. The second-order valence-corrected chi connectivity index (χ2v) is 5.94. The Morgan fingerprint density at radius 1 is 1.67 bits per heavy atom. The first kappa shape index (κ1) is 16.4. The van der Waals surface area contributed by atoms with Gasteiger partial charge in [0.25, 0.3) is 5.56 Å². The molecule has 1 aromatic heterocycles. The molecule has 0 bridgehead atoms. The molecule has 7 nitrogen and oxygen atoms in total. The Balaban J connectivity index is 2.56. The van der Waals surface area contributed by atoms with Gasteiger partial charge in [0.15, 0.2) is 6.23 Å². The van der Waals surface area contributed by atoms with Crippen LogP contribution in [-0.4, -0.2) is 42.0 Å². The highest BCUT2D eigenvalue weighted by atomic mass is 127. The summed E-state index contributed by atoms with van der Waals surface area (Å²) in [6.45, 7) is 5.31. The van der Waals surface area contributed by atoms with Crippen molar-refractivity contribution in [3.63, 3.8) is 0 Å². The molecule has 1 unspecified atom stereocenters. The zero-order valence-electron chi connectivity index (χ0n) is 11.4. The van der Waals surface area contributed by atoms with Crippen LogP contribution in [-0.2, 0) is 4.74 Å². The van der Waals surface area contributed by atoms with Crippen LogP contribution in [0.25, 0.3) is 0 Å². The van der Waals surface area contributed by atoms with Crippen LogP contribution in [0.15, 0.2) is 34.5 Å². The lowest BCUT2D eigenvalue weighted by atomic mass is 9.82. The summed E-state index contributed by atoms with van der Waals surface area (Å²) >= 11 is 2.03. The van der Waals surface area contributed by atoms with Crippen LogP contribution in [0.1, 0.15) is 13.2 Å². The number of ether oxygens (including phenoxy) is 1. The summed E-state index contributed by atoms with van der Waals surface area (Å²) in [6, 6.07) is 1.16. The quantitative estimate of drug-likeness (QED) is 0.363. The number of hydrogen-bond acceptors (Lipinski definition) is 5. The lowest BCUT2D eigenvalue weighted by molar-refractivity contribution is -0.130. The highest BCUT2D eigenvalue weighted by Gasteiger charge is 2.58. The van der Waals surface area contributed by atoms with Gasteiger partial charge in [0, 0.05) is 22.6 Å². The maximum atomic E-state index is 11.9. The summed E-state index contributed by atoms with van der Waals surface area (Å²) in [5.41, 5.74) is -2.95. The number of alkyl halides is 1. The molecule has 1 aliphatic rings. The predicted molar refractivity (Wildman–Crippen MR) is 84.4 cm³/mol. The van der Waals surface area contributed by atoms with Crippen molar-refractivity contribution in [1.82, 2.24) is 9.55 Å². The number of rotatable bonds is 4. The zero-order valence-corrected chi connectivity index (χ0v) is 13.6. The fourth-order valence-corrected chi connectivity index (χ4v) is 3.19. The zero-order chi connectivity index (χ0) is 15.8. The summed E-state index contributed by atoms with van der Waals surface area (Å²) in [6.07, 6.45) is -0.168. The lowest BCUT2D eigenvalue weighted by Gasteiger charge is -2.35. The molecule has 0 amide bonds. The molecule has 116 valence electrons. The molecule has 0 spiro atoms. The Bertz CT molecular complexity index is 642. The van der Waals surface area contributed by atoms with Gasteiger partial charge in [-0.3, -0.25) is 14.3 Å². The third-order valence-corrected chi connectivity index (χ3v) is 4.73. The van der Waals surface area contributed by atoms with Gasteiger partial charge < -0.3 is 14.9 Å². The van der Waals surface area contributed by atoms with E-state index in [1.807, 2.05) is 22.6 Å². The maximum Gasteiger partial charge on any atom is 0.330 e. The second kappa shape index (κ2) is 6.03. The molecule has 2 rings (SSSR count). The van der Waals surface area contributed by atoms with E-state index in [2.05, 4.69) is 11.6 Å². The lowest BCUT2D eigenvalue weighted by Crippen LogP contribution is -2.52. The van der Waals surface area contributed by atoms with E-state index in [0.717, 1.165) is 10.6 Å². The number of nitrogens with one attached hydrogen (secondary N) is 1. The number of aliphatic hydroxyl groups excluding tert-OH is 1. The Labute approximate surface area is 134 Å². The minimum Gasteiger partial charge on any atom is -0.387 e. The summed E-state index contributed by atoms with van der Waals surface area (Å²) in [5.74, 6) is -0.524. The molecule has 5 atom stereocenters. The van der Waals surface area contributed by atoms with Crippen LogP contribution in [0.4, 0.5) is 0 Å². The topological polar surface area (TPSA) is 105 Å². The molecular formula is C13H17IN2O5. The molecule has 1 aromatic rings. The summed E-state index contributed by atoms with van der Waals surface area (Å²) in [7, 11) is 0. The van der Waals surface area contributed by atoms with Crippen LogP contribution in [0.3, 0.4) is 0 Å². The Morgan fingerprint density at radius 2 is 2.33 bits per heavy atom. The van der Waals surface area contributed by atoms with Crippen molar-refractivity contribution in [2.75, 3.05) is 4.43 Å².